The lowest BCUT2D eigenvalue weighted by Gasteiger charge is -2.25. The number of carbonyl (C=O) groups is 2. The van der Waals surface area contributed by atoms with Crippen LogP contribution >= 0.6 is 0 Å². The lowest BCUT2D eigenvalue weighted by atomic mass is 9.85. The van der Waals surface area contributed by atoms with Crippen molar-refractivity contribution >= 4 is 11.8 Å². The Balaban J connectivity index is 2.46. The Hall–Kier alpha value is -1.78. The maximum Gasteiger partial charge on any atom is 0.287 e. The van der Waals surface area contributed by atoms with E-state index in [1.807, 2.05) is 0 Å². The Labute approximate surface area is 126 Å². The van der Waals surface area contributed by atoms with Crippen molar-refractivity contribution in [3.63, 3.8) is 0 Å². The van der Waals surface area contributed by atoms with E-state index in [2.05, 4.69) is 38.3 Å². The van der Waals surface area contributed by atoms with Crippen molar-refractivity contribution in [1.82, 2.24) is 10.6 Å². The summed E-state index contributed by atoms with van der Waals surface area (Å²) in [7, 11) is 0. The van der Waals surface area contributed by atoms with E-state index in [1.54, 1.807) is 19.1 Å². The van der Waals surface area contributed by atoms with Gasteiger partial charge in [0.1, 0.15) is 6.04 Å². The third kappa shape index (κ3) is 5.25. The van der Waals surface area contributed by atoms with Crippen LogP contribution in [0.1, 0.15) is 45.2 Å². The van der Waals surface area contributed by atoms with Gasteiger partial charge in [0.15, 0.2) is 5.76 Å². The van der Waals surface area contributed by atoms with Gasteiger partial charge in [-0.3, -0.25) is 9.59 Å². The third-order valence-electron chi connectivity index (χ3n) is 3.71. The molecule has 5 heteroatoms. The lowest BCUT2D eigenvalue weighted by molar-refractivity contribution is -0.122. The Bertz CT molecular complexity index is 444. The van der Waals surface area contributed by atoms with Crippen LogP contribution in [0, 0.1) is 17.8 Å². The van der Waals surface area contributed by atoms with Gasteiger partial charge in [0.05, 0.1) is 6.26 Å². The van der Waals surface area contributed by atoms with E-state index in [1.165, 1.54) is 6.26 Å². The summed E-state index contributed by atoms with van der Waals surface area (Å²) in [5, 5.41) is 5.53. The second kappa shape index (κ2) is 7.86. The molecule has 2 amide bonds. The molecule has 0 spiro atoms. The van der Waals surface area contributed by atoms with Crippen LogP contribution in [0.3, 0.4) is 0 Å². The van der Waals surface area contributed by atoms with E-state index in [4.69, 9.17) is 4.42 Å². The van der Waals surface area contributed by atoms with Gasteiger partial charge in [-0.15, -0.1) is 0 Å². The van der Waals surface area contributed by atoms with Gasteiger partial charge in [-0.1, -0.05) is 27.7 Å². The van der Waals surface area contributed by atoms with E-state index in [0.29, 0.717) is 24.3 Å². The van der Waals surface area contributed by atoms with E-state index in [9.17, 15) is 9.59 Å². The minimum Gasteiger partial charge on any atom is -0.459 e. The summed E-state index contributed by atoms with van der Waals surface area (Å²) in [5.74, 6) is 1.06. The van der Waals surface area contributed by atoms with E-state index in [0.717, 1.165) is 0 Å². The molecular formula is C16H26N2O3. The quantitative estimate of drug-likeness (QED) is 0.811. The van der Waals surface area contributed by atoms with Crippen LogP contribution in [-0.4, -0.2) is 24.4 Å². The summed E-state index contributed by atoms with van der Waals surface area (Å²) >= 11 is 0. The molecule has 0 aromatic carbocycles. The summed E-state index contributed by atoms with van der Waals surface area (Å²) in [5.41, 5.74) is 0. The second-order valence-corrected chi connectivity index (χ2v) is 6.07. The van der Waals surface area contributed by atoms with Crippen molar-refractivity contribution in [3.05, 3.63) is 24.2 Å². The molecule has 0 bridgehead atoms. The minimum absolute atomic E-state index is 0.179. The zero-order valence-electron chi connectivity index (χ0n) is 13.5. The molecule has 0 aliphatic heterocycles. The molecule has 1 heterocycles. The molecule has 0 saturated heterocycles. The van der Waals surface area contributed by atoms with E-state index < -0.39 is 6.04 Å². The molecule has 0 aliphatic rings. The Morgan fingerprint density at radius 1 is 1.14 bits per heavy atom. The highest BCUT2D eigenvalue weighted by Crippen LogP contribution is 2.19. The van der Waals surface area contributed by atoms with Gasteiger partial charge in [0.25, 0.3) is 5.91 Å². The predicted molar refractivity (Wildman–Crippen MR) is 81.8 cm³/mol. The Morgan fingerprint density at radius 3 is 2.24 bits per heavy atom. The fraction of sp³-hybridized carbons (Fsp3) is 0.625. The number of nitrogens with one attached hydrogen (secondary N) is 2. The highest BCUT2D eigenvalue weighted by molar-refractivity contribution is 5.95. The average molecular weight is 294 g/mol. The van der Waals surface area contributed by atoms with Crippen molar-refractivity contribution in [2.24, 2.45) is 17.8 Å². The van der Waals surface area contributed by atoms with Gasteiger partial charge in [0.2, 0.25) is 5.91 Å². The molecule has 118 valence electrons. The molecule has 1 atom stereocenters. The summed E-state index contributed by atoms with van der Waals surface area (Å²) in [6, 6.07) is 2.60. The second-order valence-electron chi connectivity index (χ2n) is 6.07. The first-order valence-corrected chi connectivity index (χ1v) is 7.45. The molecular weight excluding hydrogens is 268 g/mol. The molecule has 2 N–H and O–H groups in total. The van der Waals surface area contributed by atoms with Crippen LogP contribution in [0.15, 0.2) is 22.8 Å². The Morgan fingerprint density at radius 2 is 1.76 bits per heavy atom. The fourth-order valence-electron chi connectivity index (χ4n) is 2.35. The fourth-order valence-corrected chi connectivity index (χ4v) is 2.35. The lowest BCUT2D eigenvalue weighted by Crippen LogP contribution is -2.46. The van der Waals surface area contributed by atoms with Crippen molar-refractivity contribution in [3.8, 4) is 0 Å². The summed E-state index contributed by atoms with van der Waals surface area (Å²) in [6.45, 7) is 10.9. The van der Waals surface area contributed by atoms with Gasteiger partial charge >= 0.3 is 0 Å². The first-order valence-electron chi connectivity index (χ1n) is 7.45. The monoisotopic (exact) mass is 294 g/mol. The van der Waals surface area contributed by atoms with E-state index in [-0.39, 0.29) is 17.6 Å². The highest BCUT2D eigenvalue weighted by Gasteiger charge is 2.21. The maximum absolute atomic E-state index is 12.0. The van der Waals surface area contributed by atoms with Crippen LogP contribution in [0.25, 0.3) is 0 Å². The van der Waals surface area contributed by atoms with Crippen LogP contribution in [0.5, 0.6) is 0 Å². The SMILES string of the molecule is CC(NC(=O)c1ccco1)C(=O)NCC(C(C)C)C(C)C. The maximum atomic E-state index is 12.0. The number of rotatable bonds is 7. The van der Waals surface area contributed by atoms with Crippen molar-refractivity contribution < 1.29 is 14.0 Å². The first kappa shape index (κ1) is 17.3. The molecule has 0 fully saturated rings. The normalized spacial score (nSPS) is 12.8. The molecule has 1 rings (SSSR count). The number of furan rings is 1. The van der Waals surface area contributed by atoms with Crippen LogP contribution in [0.2, 0.25) is 0 Å². The zero-order valence-corrected chi connectivity index (χ0v) is 13.5. The van der Waals surface area contributed by atoms with Crippen LogP contribution < -0.4 is 10.6 Å². The molecule has 1 aromatic rings. The predicted octanol–water partition coefficient (Wildman–Crippen LogP) is 2.44. The average Bonchev–Trinajstić information content (AvgIpc) is 2.91. The van der Waals surface area contributed by atoms with Gasteiger partial charge in [-0.25, -0.2) is 0 Å². The molecule has 0 aliphatic carbocycles. The van der Waals surface area contributed by atoms with Gasteiger partial charge < -0.3 is 15.1 Å². The van der Waals surface area contributed by atoms with Gasteiger partial charge in [-0.2, -0.15) is 0 Å². The molecule has 1 aromatic heterocycles. The number of hydrogen-bond donors (Lipinski definition) is 2. The summed E-state index contributed by atoms with van der Waals surface area (Å²) in [6.07, 6.45) is 1.43. The molecule has 0 saturated carbocycles. The van der Waals surface area contributed by atoms with Crippen molar-refractivity contribution in [1.29, 1.82) is 0 Å². The van der Waals surface area contributed by atoms with Gasteiger partial charge in [0, 0.05) is 6.54 Å². The highest BCUT2D eigenvalue weighted by atomic mass is 16.3. The topological polar surface area (TPSA) is 71.3 Å². The molecule has 5 nitrogen and oxygen atoms in total. The molecule has 0 radical (unpaired) electrons. The number of carbonyl (C=O) groups excluding carboxylic acids is 2. The minimum atomic E-state index is -0.595. The molecule has 1 unspecified atom stereocenters. The van der Waals surface area contributed by atoms with Crippen molar-refractivity contribution in [2.45, 2.75) is 40.7 Å². The standard InChI is InChI=1S/C16H26N2O3/c1-10(2)13(11(3)4)9-17-15(19)12(5)18-16(20)14-7-6-8-21-14/h6-8,10-13H,9H2,1-5H3,(H,17,19)(H,18,20). The van der Waals surface area contributed by atoms with E-state index >= 15 is 0 Å². The van der Waals surface area contributed by atoms with Gasteiger partial charge in [-0.05, 0) is 36.8 Å². The zero-order chi connectivity index (χ0) is 16.0. The smallest absolute Gasteiger partial charge is 0.287 e. The first-order chi connectivity index (χ1) is 9.82. The van der Waals surface area contributed by atoms with Crippen LogP contribution in [-0.2, 0) is 4.79 Å². The number of amides is 2. The molecule has 21 heavy (non-hydrogen) atoms. The summed E-state index contributed by atoms with van der Waals surface area (Å²) in [4.78, 5) is 23.8. The van der Waals surface area contributed by atoms with Crippen molar-refractivity contribution in [2.75, 3.05) is 6.54 Å². The largest absolute Gasteiger partial charge is 0.459 e. The Kier molecular flexibility index (Phi) is 6.46. The van der Waals surface area contributed by atoms with Crippen LogP contribution in [0.4, 0.5) is 0 Å². The third-order valence-corrected chi connectivity index (χ3v) is 3.71. The number of hydrogen-bond acceptors (Lipinski definition) is 3. The summed E-state index contributed by atoms with van der Waals surface area (Å²) < 4.78 is 4.99.